The van der Waals surface area contributed by atoms with Crippen LogP contribution in [0.3, 0.4) is 0 Å². The van der Waals surface area contributed by atoms with Gasteiger partial charge in [-0.05, 0) is 43.2 Å². The number of carbonyl (C=O) groups is 1. The van der Waals surface area contributed by atoms with Crippen LogP contribution < -0.4 is 5.32 Å². The molecule has 128 valence electrons. The summed E-state index contributed by atoms with van der Waals surface area (Å²) in [5.74, 6) is -1.98. The van der Waals surface area contributed by atoms with E-state index in [1.165, 1.54) is 17.4 Å². The van der Waals surface area contributed by atoms with Gasteiger partial charge in [0.15, 0.2) is 16.8 Å². The topological polar surface area (TPSA) is 54.9 Å². The van der Waals surface area contributed by atoms with Gasteiger partial charge in [0.05, 0.1) is 5.69 Å². The number of thiazole rings is 1. The molecule has 0 saturated heterocycles. The highest BCUT2D eigenvalue weighted by Gasteiger charge is 2.14. The van der Waals surface area contributed by atoms with E-state index < -0.39 is 11.6 Å². The number of nitrogens with one attached hydrogen (secondary N) is 1. The predicted molar refractivity (Wildman–Crippen MR) is 93.4 cm³/mol. The summed E-state index contributed by atoms with van der Waals surface area (Å²) in [5.41, 5.74) is 1.99. The Kier molecular flexibility index (Phi) is 5.14. The van der Waals surface area contributed by atoms with Gasteiger partial charge in [-0.25, -0.2) is 13.8 Å². The fourth-order valence-corrected chi connectivity index (χ4v) is 3.20. The van der Waals surface area contributed by atoms with Crippen LogP contribution in [0.25, 0.3) is 11.3 Å². The van der Waals surface area contributed by atoms with E-state index in [1.54, 1.807) is 12.4 Å². The Morgan fingerprint density at radius 1 is 1.24 bits per heavy atom. The van der Waals surface area contributed by atoms with E-state index in [2.05, 4.69) is 15.3 Å². The van der Waals surface area contributed by atoms with Gasteiger partial charge in [-0.3, -0.25) is 9.78 Å². The molecule has 0 spiro atoms. The maximum Gasteiger partial charge on any atom is 0.226 e. The Bertz CT molecular complexity index is 897. The number of amides is 1. The number of rotatable bonds is 5. The van der Waals surface area contributed by atoms with E-state index in [0.717, 1.165) is 22.6 Å². The maximum atomic E-state index is 13.4. The molecule has 25 heavy (non-hydrogen) atoms. The number of hydrogen-bond acceptors (Lipinski definition) is 4. The second-order valence-corrected chi connectivity index (χ2v) is 6.67. The standard InChI is InChI=1S/C18H15F2N3OS/c1-11-17(13-5-6-14(19)15(20)9-13)23-18(25-11)22-16(24)7-4-12-3-2-8-21-10-12/h2-3,5-6,8-10H,4,7H2,1H3,(H,22,23,24). The molecule has 1 amide bonds. The minimum absolute atomic E-state index is 0.158. The van der Waals surface area contributed by atoms with Crippen molar-refractivity contribution in [2.45, 2.75) is 19.8 Å². The molecule has 3 aromatic rings. The Morgan fingerprint density at radius 3 is 2.80 bits per heavy atom. The number of halogens is 2. The van der Waals surface area contributed by atoms with E-state index in [9.17, 15) is 13.6 Å². The lowest BCUT2D eigenvalue weighted by Gasteiger charge is -2.02. The van der Waals surface area contributed by atoms with Crippen molar-refractivity contribution in [1.82, 2.24) is 9.97 Å². The highest BCUT2D eigenvalue weighted by atomic mass is 32.1. The minimum Gasteiger partial charge on any atom is -0.302 e. The molecule has 7 heteroatoms. The Labute approximate surface area is 147 Å². The number of benzene rings is 1. The van der Waals surface area contributed by atoms with Crippen molar-refractivity contribution in [3.63, 3.8) is 0 Å². The van der Waals surface area contributed by atoms with E-state index in [-0.39, 0.29) is 5.91 Å². The van der Waals surface area contributed by atoms with Gasteiger partial charge in [-0.15, -0.1) is 11.3 Å². The first-order valence-corrected chi connectivity index (χ1v) is 8.46. The number of carbonyl (C=O) groups excluding carboxylic acids is 1. The highest BCUT2D eigenvalue weighted by Crippen LogP contribution is 2.31. The third-order valence-electron chi connectivity index (χ3n) is 3.60. The quantitative estimate of drug-likeness (QED) is 0.736. The summed E-state index contributed by atoms with van der Waals surface area (Å²) in [6.45, 7) is 1.82. The molecule has 0 fully saturated rings. The molecule has 0 aliphatic carbocycles. The predicted octanol–water partition coefficient (Wildman–Crippen LogP) is 4.36. The van der Waals surface area contributed by atoms with Crippen LogP contribution in [0.2, 0.25) is 0 Å². The molecule has 0 saturated carbocycles. The number of aryl methyl sites for hydroxylation is 2. The fraction of sp³-hybridized carbons (Fsp3) is 0.167. The second kappa shape index (κ2) is 7.48. The molecule has 0 bridgehead atoms. The van der Waals surface area contributed by atoms with Crippen LogP contribution in [0, 0.1) is 18.6 Å². The van der Waals surface area contributed by atoms with Crippen LogP contribution in [0.4, 0.5) is 13.9 Å². The minimum atomic E-state index is -0.924. The first-order valence-electron chi connectivity index (χ1n) is 7.64. The van der Waals surface area contributed by atoms with E-state index in [1.807, 2.05) is 19.1 Å². The normalized spacial score (nSPS) is 10.7. The number of hydrogen-bond donors (Lipinski definition) is 1. The Morgan fingerprint density at radius 2 is 2.08 bits per heavy atom. The molecule has 0 unspecified atom stereocenters. The summed E-state index contributed by atoms with van der Waals surface area (Å²) in [5, 5.41) is 3.19. The number of nitrogens with zero attached hydrogens (tertiary/aromatic N) is 2. The maximum absolute atomic E-state index is 13.4. The average Bonchev–Trinajstić information content (AvgIpc) is 2.96. The van der Waals surface area contributed by atoms with Crippen molar-refractivity contribution >= 4 is 22.4 Å². The van der Waals surface area contributed by atoms with Crippen molar-refractivity contribution in [1.29, 1.82) is 0 Å². The third kappa shape index (κ3) is 4.24. The van der Waals surface area contributed by atoms with Crippen LogP contribution in [0.5, 0.6) is 0 Å². The smallest absolute Gasteiger partial charge is 0.226 e. The molecule has 2 aromatic heterocycles. The SMILES string of the molecule is Cc1sc(NC(=O)CCc2cccnc2)nc1-c1ccc(F)c(F)c1. The molecule has 4 nitrogen and oxygen atoms in total. The molecular weight excluding hydrogens is 344 g/mol. The molecule has 0 radical (unpaired) electrons. The Hall–Kier alpha value is -2.67. The van der Waals surface area contributed by atoms with Gasteiger partial charge in [-0.2, -0.15) is 0 Å². The van der Waals surface area contributed by atoms with E-state index in [0.29, 0.717) is 29.2 Å². The number of anilines is 1. The fourth-order valence-electron chi connectivity index (χ4n) is 2.35. The van der Waals surface area contributed by atoms with Gasteiger partial charge in [0.25, 0.3) is 0 Å². The number of pyridine rings is 1. The lowest BCUT2D eigenvalue weighted by Crippen LogP contribution is -2.12. The van der Waals surface area contributed by atoms with Crippen LogP contribution >= 0.6 is 11.3 Å². The van der Waals surface area contributed by atoms with Gasteiger partial charge < -0.3 is 5.32 Å². The van der Waals surface area contributed by atoms with Gasteiger partial charge >= 0.3 is 0 Å². The lowest BCUT2D eigenvalue weighted by molar-refractivity contribution is -0.116. The lowest BCUT2D eigenvalue weighted by atomic mass is 10.1. The van der Waals surface area contributed by atoms with Crippen molar-refractivity contribution in [2.75, 3.05) is 5.32 Å². The van der Waals surface area contributed by atoms with Crippen molar-refractivity contribution in [3.05, 3.63) is 64.8 Å². The first kappa shape index (κ1) is 17.2. The third-order valence-corrected chi connectivity index (χ3v) is 4.49. The van der Waals surface area contributed by atoms with Crippen LogP contribution in [0.15, 0.2) is 42.7 Å². The molecule has 0 aliphatic rings. The molecule has 1 N–H and O–H groups in total. The van der Waals surface area contributed by atoms with E-state index in [4.69, 9.17) is 0 Å². The zero-order valence-electron chi connectivity index (χ0n) is 13.4. The first-order chi connectivity index (χ1) is 12.0. The van der Waals surface area contributed by atoms with Crippen molar-refractivity contribution in [3.8, 4) is 11.3 Å². The average molecular weight is 359 g/mol. The molecule has 0 atom stereocenters. The summed E-state index contributed by atoms with van der Waals surface area (Å²) in [6.07, 6.45) is 4.30. The summed E-state index contributed by atoms with van der Waals surface area (Å²) >= 11 is 1.30. The van der Waals surface area contributed by atoms with Gasteiger partial charge in [0.2, 0.25) is 5.91 Å². The van der Waals surface area contributed by atoms with Crippen LogP contribution in [0.1, 0.15) is 16.9 Å². The van der Waals surface area contributed by atoms with Crippen molar-refractivity contribution in [2.24, 2.45) is 0 Å². The van der Waals surface area contributed by atoms with Gasteiger partial charge in [0, 0.05) is 29.3 Å². The molecule has 3 rings (SSSR count). The second-order valence-electron chi connectivity index (χ2n) is 5.46. The van der Waals surface area contributed by atoms with Gasteiger partial charge in [0.1, 0.15) is 0 Å². The molecule has 2 heterocycles. The number of aromatic nitrogens is 2. The summed E-state index contributed by atoms with van der Waals surface area (Å²) < 4.78 is 26.5. The molecular formula is C18H15F2N3OS. The van der Waals surface area contributed by atoms with Crippen LogP contribution in [-0.2, 0) is 11.2 Å². The zero-order chi connectivity index (χ0) is 17.8. The molecule has 1 aromatic carbocycles. The summed E-state index contributed by atoms with van der Waals surface area (Å²) in [4.78, 5) is 21.2. The summed E-state index contributed by atoms with van der Waals surface area (Å²) in [7, 11) is 0. The Balaban J connectivity index is 1.67. The largest absolute Gasteiger partial charge is 0.302 e. The highest BCUT2D eigenvalue weighted by molar-refractivity contribution is 7.16. The van der Waals surface area contributed by atoms with Crippen LogP contribution in [-0.4, -0.2) is 15.9 Å². The monoisotopic (exact) mass is 359 g/mol. The zero-order valence-corrected chi connectivity index (χ0v) is 14.2. The summed E-state index contributed by atoms with van der Waals surface area (Å²) in [6, 6.07) is 7.37. The van der Waals surface area contributed by atoms with Gasteiger partial charge in [-0.1, -0.05) is 6.07 Å². The van der Waals surface area contributed by atoms with Crippen molar-refractivity contribution < 1.29 is 13.6 Å². The van der Waals surface area contributed by atoms with E-state index >= 15 is 0 Å². The molecule has 0 aliphatic heterocycles.